The van der Waals surface area contributed by atoms with Gasteiger partial charge in [-0.1, -0.05) is 27.2 Å². The zero-order valence-corrected chi connectivity index (χ0v) is 12.4. The minimum atomic E-state index is 0.329. The van der Waals surface area contributed by atoms with Gasteiger partial charge in [0.1, 0.15) is 0 Å². The van der Waals surface area contributed by atoms with Gasteiger partial charge in [-0.25, -0.2) is 0 Å². The molecule has 0 amide bonds. The lowest BCUT2D eigenvalue weighted by Gasteiger charge is -2.30. The van der Waals surface area contributed by atoms with E-state index in [1.807, 2.05) is 0 Å². The summed E-state index contributed by atoms with van der Waals surface area (Å²) in [5.74, 6) is 0. The van der Waals surface area contributed by atoms with Crippen LogP contribution >= 0.6 is 0 Å². The molecule has 0 bridgehead atoms. The van der Waals surface area contributed by atoms with Crippen molar-refractivity contribution in [3.63, 3.8) is 0 Å². The molecule has 0 aliphatic carbocycles. The normalized spacial score (nSPS) is 23.8. The van der Waals surface area contributed by atoms with Crippen LogP contribution < -0.4 is 5.32 Å². The molecule has 0 aromatic heterocycles. The van der Waals surface area contributed by atoms with Gasteiger partial charge in [0.25, 0.3) is 0 Å². The highest BCUT2D eigenvalue weighted by molar-refractivity contribution is 4.76. The van der Waals surface area contributed by atoms with Crippen LogP contribution in [0, 0.1) is 0 Å². The summed E-state index contributed by atoms with van der Waals surface area (Å²) in [6.07, 6.45) is 7.79. The second-order valence-electron chi connectivity index (χ2n) is 5.22. The van der Waals surface area contributed by atoms with E-state index in [4.69, 9.17) is 9.47 Å². The van der Waals surface area contributed by atoms with Gasteiger partial charge in [-0.2, -0.15) is 0 Å². The molecule has 1 rings (SSSR count). The van der Waals surface area contributed by atoms with Crippen molar-refractivity contribution in [3.05, 3.63) is 0 Å². The average molecular weight is 257 g/mol. The molecular formula is C15H31NO2. The van der Waals surface area contributed by atoms with E-state index in [2.05, 4.69) is 26.1 Å². The minimum Gasteiger partial charge on any atom is -0.376 e. The van der Waals surface area contributed by atoms with Crippen LogP contribution in [0.5, 0.6) is 0 Å². The first-order valence-corrected chi connectivity index (χ1v) is 7.78. The molecule has 108 valence electrons. The number of hydrogen-bond acceptors (Lipinski definition) is 3. The van der Waals surface area contributed by atoms with Crippen LogP contribution in [0.2, 0.25) is 0 Å². The van der Waals surface area contributed by atoms with Crippen molar-refractivity contribution in [2.75, 3.05) is 19.8 Å². The molecule has 0 aromatic rings. The molecular weight excluding hydrogens is 226 g/mol. The first kappa shape index (κ1) is 15.9. The highest BCUT2D eigenvalue weighted by Gasteiger charge is 2.21. The molecule has 0 spiro atoms. The van der Waals surface area contributed by atoms with E-state index < -0.39 is 0 Å². The number of nitrogens with one attached hydrogen (secondary N) is 1. The van der Waals surface area contributed by atoms with E-state index in [-0.39, 0.29) is 0 Å². The fourth-order valence-corrected chi connectivity index (χ4v) is 2.68. The Kier molecular flexibility index (Phi) is 8.64. The molecule has 3 atom stereocenters. The summed E-state index contributed by atoms with van der Waals surface area (Å²) in [5.41, 5.74) is 0. The lowest BCUT2D eigenvalue weighted by molar-refractivity contribution is -0.0720. The van der Waals surface area contributed by atoms with Gasteiger partial charge in [-0.15, -0.1) is 0 Å². The number of rotatable bonds is 9. The topological polar surface area (TPSA) is 30.5 Å². The predicted molar refractivity (Wildman–Crippen MR) is 76.0 cm³/mol. The zero-order valence-electron chi connectivity index (χ0n) is 12.4. The Bertz CT molecular complexity index is 187. The lowest BCUT2D eigenvalue weighted by Crippen LogP contribution is -2.42. The van der Waals surface area contributed by atoms with Gasteiger partial charge in [0.15, 0.2) is 0 Å². The molecule has 0 saturated carbocycles. The van der Waals surface area contributed by atoms with E-state index in [1.54, 1.807) is 0 Å². The Balaban J connectivity index is 2.32. The number of ether oxygens (including phenoxy) is 2. The third-order valence-electron chi connectivity index (χ3n) is 3.69. The second kappa shape index (κ2) is 9.76. The Labute approximate surface area is 113 Å². The molecule has 0 aromatic carbocycles. The summed E-state index contributed by atoms with van der Waals surface area (Å²) < 4.78 is 11.8. The lowest BCUT2D eigenvalue weighted by atomic mass is 10.0. The maximum atomic E-state index is 6.11. The summed E-state index contributed by atoms with van der Waals surface area (Å²) in [5, 5.41) is 3.56. The maximum absolute atomic E-state index is 6.11. The summed E-state index contributed by atoms with van der Waals surface area (Å²) in [6.45, 7) is 9.32. The van der Waals surface area contributed by atoms with Gasteiger partial charge in [0, 0.05) is 12.6 Å². The van der Waals surface area contributed by atoms with Crippen LogP contribution in [0.3, 0.4) is 0 Å². The van der Waals surface area contributed by atoms with Crippen LogP contribution in [-0.4, -0.2) is 38.0 Å². The molecule has 18 heavy (non-hydrogen) atoms. The highest BCUT2D eigenvalue weighted by Crippen LogP contribution is 2.16. The van der Waals surface area contributed by atoms with Crippen LogP contribution in [0.15, 0.2) is 0 Å². The van der Waals surface area contributed by atoms with Gasteiger partial charge in [0.2, 0.25) is 0 Å². The molecule has 1 N–H and O–H groups in total. The van der Waals surface area contributed by atoms with E-state index in [1.165, 1.54) is 25.7 Å². The van der Waals surface area contributed by atoms with Crippen molar-refractivity contribution in [3.8, 4) is 0 Å². The molecule has 3 unspecified atom stereocenters. The maximum Gasteiger partial charge on any atom is 0.0808 e. The Morgan fingerprint density at radius 2 is 2.11 bits per heavy atom. The van der Waals surface area contributed by atoms with Gasteiger partial charge in [0.05, 0.1) is 18.8 Å². The molecule has 0 radical (unpaired) electrons. The van der Waals surface area contributed by atoms with Crippen molar-refractivity contribution in [2.45, 2.75) is 77.5 Å². The number of likely N-dealkylation sites (N-methyl/N-ethyl adjacent to an activating group) is 1. The van der Waals surface area contributed by atoms with Gasteiger partial charge in [-0.05, 0) is 38.6 Å². The van der Waals surface area contributed by atoms with Crippen molar-refractivity contribution in [2.24, 2.45) is 0 Å². The average Bonchev–Trinajstić information content (AvgIpc) is 2.41. The van der Waals surface area contributed by atoms with Crippen LogP contribution in [0.4, 0.5) is 0 Å². The molecule has 1 fully saturated rings. The Hall–Kier alpha value is -0.120. The minimum absolute atomic E-state index is 0.329. The van der Waals surface area contributed by atoms with Crippen molar-refractivity contribution < 1.29 is 9.47 Å². The third-order valence-corrected chi connectivity index (χ3v) is 3.69. The van der Waals surface area contributed by atoms with E-state index in [9.17, 15) is 0 Å². The zero-order chi connectivity index (χ0) is 13.2. The largest absolute Gasteiger partial charge is 0.376 e. The molecule has 3 nitrogen and oxygen atoms in total. The third kappa shape index (κ3) is 5.68. The molecule has 1 heterocycles. The molecule has 1 aliphatic heterocycles. The molecule has 1 saturated heterocycles. The van der Waals surface area contributed by atoms with Crippen molar-refractivity contribution >= 4 is 0 Å². The van der Waals surface area contributed by atoms with Crippen LogP contribution in [0.25, 0.3) is 0 Å². The highest BCUT2D eigenvalue weighted by atomic mass is 16.5. The monoisotopic (exact) mass is 257 g/mol. The van der Waals surface area contributed by atoms with Crippen LogP contribution in [0.1, 0.15) is 59.3 Å². The summed E-state index contributed by atoms with van der Waals surface area (Å²) in [7, 11) is 0. The van der Waals surface area contributed by atoms with Gasteiger partial charge >= 0.3 is 0 Å². The summed E-state index contributed by atoms with van der Waals surface area (Å²) in [6, 6.07) is 0.494. The summed E-state index contributed by atoms with van der Waals surface area (Å²) in [4.78, 5) is 0. The van der Waals surface area contributed by atoms with E-state index in [0.29, 0.717) is 18.2 Å². The summed E-state index contributed by atoms with van der Waals surface area (Å²) >= 11 is 0. The van der Waals surface area contributed by atoms with Crippen LogP contribution in [-0.2, 0) is 9.47 Å². The van der Waals surface area contributed by atoms with E-state index in [0.717, 1.165) is 32.6 Å². The molecule has 3 heteroatoms. The van der Waals surface area contributed by atoms with E-state index >= 15 is 0 Å². The quantitative estimate of drug-likeness (QED) is 0.688. The van der Waals surface area contributed by atoms with Crippen molar-refractivity contribution in [1.29, 1.82) is 0 Å². The van der Waals surface area contributed by atoms with Crippen molar-refractivity contribution in [1.82, 2.24) is 5.32 Å². The Morgan fingerprint density at radius 3 is 2.67 bits per heavy atom. The fourth-order valence-electron chi connectivity index (χ4n) is 2.68. The SMILES string of the molecule is CCCC(NCC)C(CC)OCC1CCCCO1. The Morgan fingerprint density at radius 1 is 1.28 bits per heavy atom. The first-order valence-electron chi connectivity index (χ1n) is 7.78. The van der Waals surface area contributed by atoms with Gasteiger partial charge < -0.3 is 14.8 Å². The molecule has 1 aliphatic rings. The standard InChI is InChI=1S/C15H31NO2/c1-4-9-14(16-6-3)15(5-2)18-12-13-10-7-8-11-17-13/h13-16H,4-12H2,1-3H3. The smallest absolute Gasteiger partial charge is 0.0808 e. The van der Waals surface area contributed by atoms with Gasteiger partial charge in [-0.3, -0.25) is 0 Å². The number of hydrogen-bond donors (Lipinski definition) is 1. The predicted octanol–water partition coefficient (Wildman–Crippen LogP) is 3.13. The second-order valence-corrected chi connectivity index (χ2v) is 5.22. The first-order chi connectivity index (χ1) is 8.81. The fraction of sp³-hybridized carbons (Fsp3) is 1.00.